The lowest BCUT2D eigenvalue weighted by molar-refractivity contribution is -0.137. The average Bonchev–Trinajstić information content (AvgIpc) is 3.53. The molecule has 0 radical (unpaired) electrons. The summed E-state index contributed by atoms with van der Waals surface area (Å²) in [5.74, 6) is -0.156. The Balaban J connectivity index is 1.59. The number of carbonyl (C=O) groups is 1. The lowest BCUT2D eigenvalue weighted by Crippen LogP contribution is -2.36. The SMILES string of the molecule is N#CCCOCO[C@@H]1[C@H](O)[C@@H](CO)O[C@H]1n1cnc2c(OCCC#N)nc(NC(=O)COc3ccccc3)nc21. The number of aliphatic hydroxyl groups excluding tert-OH is 2. The van der Waals surface area contributed by atoms with Gasteiger partial charge in [0.2, 0.25) is 11.8 Å². The zero-order chi connectivity index (χ0) is 28.3. The van der Waals surface area contributed by atoms with Crippen molar-refractivity contribution >= 4 is 23.0 Å². The lowest BCUT2D eigenvalue weighted by atomic mass is 10.1. The van der Waals surface area contributed by atoms with Crippen LogP contribution < -0.4 is 14.8 Å². The highest BCUT2D eigenvalue weighted by molar-refractivity contribution is 5.91. The number of nitriles is 2. The van der Waals surface area contributed by atoms with Crippen molar-refractivity contribution in [1.29, 1.82) is 10.5 Å². The van der Waals surface area contributed by atoms with E-state index in [0.29, 0.717) is 5.75 Å². The first kappa shape index (κ1) is 28.6. The van der Waals surface area contributed by atoms with Crippen molar-refractivity contribution in [3.8, 4) is 23.8 Å². The third-order valence-electron chi connectivity index (χ3n) is 5.68. The molecule has 3 heterocycles. The van der Waals surface area contributed by atoms with Gasteiger partial charge in [0.05, 0.1) is 44.5 Å². The topological polar surface area (TPSA) is 207 Å². The highest BCUT2D eigenvalue weighted by Gasteiger charge is 2.46. The molecule has 0 saturated carbocycles. The van der Waals surface area contributed by atoms with Gasteiger partial charge in [-0.05, 0) is 12.1 Å². The maximum Gasteiger partial charge on any atom is 0.264 e. The molecule has 1 amide bonds. The van der Waals surface area contributed by atoms with Crippen LogP contribution in [0, 0.1) is 22.7 Å². The van der Waals surface area contributed by atoms with Crippen LogP contribution in [0.1, 0.15) is 19.1 Å². The summed E-state index contributed by atoms with van der Waals surface area (Å²) >= 11 is 0. The van der Waals surface area contributed by atoms with E-state index in [4.69, 9.17) is 34.2 Å². The van der Waals surface area contributed by atoms with Gasteiger partial charge in [0.1, 0.15) is 37.5 Å². The second kappa shape index (κ2) is 14.1. The molecule has 1 aliphatic rings. The van der Waals surface area contributed by atoms with Crippen LogP contribution in [0.15, 0.2) is 36.7 Å². The predicted octanol–water partition coefficient (Wildman–Crippen LogP) is 0.660. The van der Waals surface area contributed by atoms with Crippen LogP contribution >= 0.6 is 0 Å². The highest BCUT2D eigenvalue weighted by Crippen LogP contribution is 2.35. The molecule has 3 aromatic rings. The molecule has 4 atom stereocenters. The average molecular weight is 554 g/mol. The molecule has 4 rings (SSSR count). The van der Waals surface area contributed by atoms with Gasteiger partial charge in [-0.25, -0.2) is 4.98 Å². The number of rotatable bonds is 14. The third kappa shape index (κ3) is 6.97. The molecule has 0 unspecified atom stereocenters. The first-order valence-corrected chi connectivity index (χ1v) is 12.3. The number of fused-ring (bicyclic) bond motifs is 1. The molecule has 40 heavy (non-hydrogen) atoms. The summed E-state index contributed by atoms with van der Waals surface area (Å²) in [6.07, 6.45) is -2.61. The Morgan fingerprint density at radius 2 is 1.90 bits per heavy atom. The smallest absolute Gasteiger partial charge is 0.264 e. The largest absolute Gasteiger partial charge is 0.484 e. The number of aliphatic hydroxyl groups is 2. The summed E-state index contributed by atoms with van der Waals surface area (Å²) < 4.78 is 29.4. The number of para-hydroxylation sites is 1. The fourth-order valence-electron chi connectivity index (χ4n) is 3.83. The van der Waals surface area contributed by atoms with E-state index in [1.54, 1.807) is 24.3 Å². The van der Waals surface area contributed by atoms with Crippen LogP contribution in [-0.4, -0.2) is 87.2 Å². The summed E-state index contributed by atoms with van der Waals surface area (Å²) in [5.41, 5.74) is 0.363. The summed E-state index contributed by atoms with van der Waals surface area (Å²) in [6.45, 7) is -0.895. The Kier molecular flexibility index (Phi) is 10.1. The van der Waals surface area contributed by atoms with Crippen molar-refractivity contribution < 1.29 is 38.7 Å². The van der Waals surface area contributed by atoms with E-state index < -0.39 is 37.1 Å². The molecule has 2 aromatic heterocycles. The minimum atomic E-state index is -1.23. The maximum absolute atomic E-state index is 12.6. The third-order valence-corrected chi connectivity index (χ3v) is 5.68. The van der Waals surface area contributed by atoms with Crippen LogP contribution in [0.4, 0.5) is 5.95 Å². The van der Waals surface area contributed by atoms with Crippen LogP contribution in [0.5, 0.6) is 11.6 Å². The van der Waals surface area contributed by atoms with Crippen molar-refractivity contribution in [2.45, 2.75) is 37.4 Å². The number of hydrogen-bond donors (Lipinski definition) is 3. The molecule has 0 spiro atoms. The zero-order valence-corrected chi connectivity index (χ0v) is 21.3. The lowest BCUT2D eigenvalue weighted by Gasteiger charge is -2.22. The van der Waals surface area contributed by atoms with Gasteiger partial charge in [0.25, 0.3) is 5.91 Å². The number of aromatic nitrogens is 4. The maximum atomic E-state index is 12.6. The Morgan fingerprint density at radius 1 is 1.12 bits per heavy atom. The number of nitrogens with zero attached hydrogens (tertiary/aromatic N) is 6. The summed E-state index contributed by atoms with van der Waals surface area (Å²) in [4.78, 5) is 25.5. The van der Waals surface area contributed by atoms with E-state index in [9.17, 15) is 15.0 Å². The normalized spacial score (nSPS) is 20.1. The van der Waals surface area contributed by atoms with E-state index in [0.717, 1.165) is 0 Å². The minimum Gasteiger partial charge on any atom is -0.484 e. The van der Waals surface area contributed by atoms with Gasteiger partial charge in [-0.1, -0.05) is 18.2 Å². The molecule has 1 saturated heterocycles. The van der Waals surface area contributed by atoms with Crippen LogP contribution in [0.25, 0.3) is 11.2 Å². The molecule has 210 valence electrons. The fraction of sp³-hybridized carbons (Fsp3) is 0.440. The highest BCUT2D eigenvalue weighted by atomic mass is 16.7. The minimum absolute atomic E-state index is 0.00726. The zero-order valence-electron chi connectivity index (χ0n) is 21.3. The van der Waals surface area contributed by atoms with Crippen molar-refractivity contribution in [3.63, 3.8) is 0 Å². The molecule has 1 fully saturated rings. The van der Waals surface area contributed by atoms with Gasteiger partial charge in [-0.2, -0.15) is 20.5 Å². The molecular weight excluding hydrogens is 526 g/mol. The Labute approximate surface area is 228 Å². The summed E-state index contributed by atoms with van der Waals surface area (Å²) in [6, 6.07) is 12.7. The molecule has 1 aromatic carbocycles. The molecular formula is C25H27N7O8. The second-order valence-corrected chi connectivity index (χ2v) is 8.39. The number of benzene rings is 1. The first-order chi connectivity index (χ1) is 19.5. The quantitative estimate of drug-likeness (QED) is 0.185. The number of nitrogens with one attached hydrogen (secondary N) is 1. The molecule has 15 nitrogen and oxygen atoms in total. The van der Waals surface area contributed by atoms with E-state index >= 15 is 0 Å². The van der Waals surface area contributed by atoms with Crippen LogP contribution in [-0.2, 0) is 19.0 Å². The van der Waals surface area contributed by atoms with Gasteiger partial charge < -0.3 is 33.9 Å². The van der Waals surface area contributed by atoms with E-state index in [1.165, 1.54) is 10.9 Å². The Morgan fingerprint density at radius 3 is 2.65 bits per heavy atom. The number of hydrogen-bond acceptors (Lipinski definition) is 13. The molecule has 15 heteroatoms. The second-order valence-electron chi connectivity index (χ2n) is 8.39. The van der Waals surface area contributed by atoms with Crippen molar-refractivity contribution in [2.75, 3.05) is 38.5 Å². The fourth-order valence-corrected chi connectivity index (χ4v) is 3.83. The summed E-state index contributed by atoms with van der Waals surface area (Å²) in [7, 11) is 0. The molecule has 0 bridgehead atoms. The molecule has 1 aliphatic heterocycles. The van der Waals surface area contributed by atoms with Gasteiger partial charge in [-0.15, -0.1) is 0 Å². The van der Waals surface area contributed by atoms with Gasteiger partial charge in [-0.3, -0.25) is 14.7 Å². The van der Waals surface area contributed by atoms with Crippen molar-refractivity contribution in [1.82, 2.24) is 19.5 Å². The molecule has 3 N–H and O–H groups in total. The predicted molar refractivity (Wildman–Crippen MR) is 135 cm³/mol. The van der Waals surface area contributed by atoms with E-state index in [-0.39, 0.29) is 62.4 Å². The standard InChI is InChI=1S/C25H27N7O8/c26-8-4-10-36-15-39-21-20(35)17(12-33)40-24(21)32-14-28-19-22(32)30-25(31-23(19)37-11-5-9-27)29-18(34)13-38-16-6-2-1-3-7-16/h1-3,6-7,14,17,20-21,24,33,35H,4-5,10-13,15H2,(H,29,30,31,34)/t17-,20-,21-,24-/m1/s1. The summed E-state index contributed by atoms with van der Waals surface area (Å²) in [5, 5.41) is 40.5. The number of ether oxygens (including phenoxy) is 5. The van der Waals surface area contributed by atoms with Crippen molar-refractivity contribution in [2.24, 2.45) is 0 Å². The first-order valence-electron chi connectivity index (χ1n) is 12.3. The van der Waals surface area contributed by atoms with Gasteiger partial charge in [0.15, 0.2) is 24.0 Å². The number of anilines is 1. The Bertz CT molecular complexity index is 1360. The van der Waals surface area contributed by atoms with Crippen molar-refractivity contribution in [3.05, 3.63) is 36.7 Å². The van der Waals surface area contributed by atoms with Gasteiger partial charge >= 0.3 is 0 Å². The van der Waals surface area contributed by atoms with Crippen LogP contribution in [0.3, 0.4) is 0 Å². The Hall–Kier alpha value is -4.38. The van der Waals surface area contributed by atoms with Crippen LogP contribution in [0.2, 0.25) is 0 Å². The van der Waals surface area contributed by atoms with Gasteiger partial charge in [0, 0.05) is 0 Å². The number of carbonyl (C=O) groups excluding carboxylic acids is 1. The number of amides is 1. The number of imidazole rings is 1. The van der Waals surface area contributed by atoms with E-state index in [1.807, 2.05) is 18.2 Å². The van der Waals surface area contributed by atoms with E-state index in [2.05, 4.69) is 20.3 Å². The monoisotopic (exact) mass is 553 g/mol. The molecule has 0 aliphatic carbocycles.